The second kappa shape index (κ2) is 5.45. The zero-order valence-corrected chi connectivity index (χ0v) is 12.6. The second-order valence-corrected chi connectivity index (χ2v) is 4.98. The number of anilines is 1. The van der Waals surface area contributed by atoms with Gasteiger partial charge in [0.15, 0.2) is 0 Å². The number of methoxy groups -OCH3 is 2. The number of nitrogen functional groups attached to an aromatic ring is 1. The number of hydrogen-bond donors (Lipinski definition) is 1. The monoisotopic (exact) mass is 275 g/mol. The van der Waals surface area contributed by atoms with Crippen molar-refractivity contribution in [3.63, 3.8) is 0 Å². The van der Waals surface area contributed by atoms with Gasteiger partial charge in [-0.05, 0) is 18.1 Å². The molecule has 0 unspecified atom stereocenters. The van der Waals surface area contributed by atoms with Crippen LogP contribution in [0.4, 0.5) is 5.82 Å². The van der Waals surface area contributed by atoms with Crippen molar-refractivity contribution < 1.29 is 9.47 Å². The molecule has 0 radical (unpaired) electrons. The summed E-state index contributed by atoms with van der Waals surface area (Å²) in [4.78, 5) is 0. The molecule has 5 heteroatoms. The minimum absolute atomic E-state index is 0.273. The van der Waals surface area contributed by atoms with Gasteiger partial charge in [0.1, 0.15) is 17.3 Å². The first-order valence-electron chi connectivity index (χ1n) is 6.54. The number of hydrogen-bond acceptors (Lipinski definition) is 4. The van der Waals surface area contributed by atoms with E-state index in [9.17, 15) is 0 Å². The fraction of sp³-hybridized carbons (Fsp3) is 0.400. The average Bonchev–Trinajstić information content (AvgIpc) is 2.77. The lowest BCUT2D eigenvalue weighted by molar-refractivity contribution is 0.398. The van der Waals surface area contributed by atoms with Crippen LogP contribution in [0.25, 0.3) is 11.1 Å². The predicted octanol–water partition coefficient (Wildman–Crippen LogP) is 2.81. The van der Waals surface area contributed by atoms with Crippen LogP contribution in [0.15, 0.2) is 18.3 Å². The fourth-order valence-electron chi connectivity index (χ4n) is 2.42. The van der Waals surface area contributed by atoms with E-state index in [1.165, 1.54) is 0 Å². The van der Waals surface area contributed by atoms with Crippen molar-refractivity contribution in [1.29, 1.82) is 0 Å². The largest absolute Gasteiger partial charge is 0.496 e. The third-order valence-corrected chi connectivity index (χ3v) is 3.44. The van der Waals surface area contributed by atoms with Gasteiger partial charge in [-0.15, -0.1) is 0 Å². The second-order valence-electron chi connectivity index (χ2n) is 4.98. The Morgan fingerprint density at radius 3 is 2.20 bits per heavy atom. The zero-order chi connectivity index (χ0) is 14.9. The third-order valence-electron chi connectivity index (χ3n) is 3.44. The number of aryl methyl sites for hydroxylation is 1. The van der Waals surface area contributed by atoms with E-state index in [0.717, 1.165) is 28.2 Å². The summed E-state index contributed by atoms with van der Waals surface area (Å²) in [6.45, 7) is 4.24. The molecule has 0 aliphatic carbocycles. The summed E-state index contributed by atoms with van der Waals surface area (Å²) in [6, 6.07) is 3.82. The quantitative estimate of drug-likeness (QED) is 0.932. The van der Waals surface area contributed by atoms with E-state index in [0.29, 0.717) is 5.82 Å². The highest BCUT2D eigenvalue weighted by molar-refractivity contribution is 5.83. The highest BCUT2D eigenvalue weighted by Crippen LogP contribution is 2.44. The van der Waals surface area contributed by atoms with Crippen molar-refractivity contribution in [2.45, 2.75) is 19.8 Å². The maximum atomic E-state index is 6.12. The highest BCUT2D eigenvalue weighted by atomic mass is 16.5. The first kappa shape index (κ1) is 14.2. The van der Waals surface area contributed by atoms with E-state index in [-0.39, 0.29) is 5.92 Å². The molecule has 108 valence electrons. The van der Waals surface area contributed by atoms with Gasteiger partial charge < -0.3 is 15.2 Å². The lowest BCUT2D eigenvalue weighted by Crippen LogP contribution is -2.03. The molecule has 0 fully saturated rings. The number of benzene rings is 1. The van der Waals surface area contributed by atoms with Crippen LogP contribution in [-0.2, 0) is 7.05 Å². The van der Waals surface area contributed by atoms with Crippen LogP contribution in [0.5, 0.6) is 11.5 Å². The molecule has 5 nitrogen and oxygen atoms in total. The van der Waals surface area contributed by atoms with Crippen LogP contribution < -0.4 is 15.2 Å². The summed E-state index contributed by atoms with van der Waals surface area (Å²) in [5.74, 6) is 2.49. The Morgan fingerprint density at radius 2 is 1.75 bits per heavy atom. The molecule has 0 atom stereocenters. The van der Waals surface area contributed by atoms with Gasteiger partial charge in [0.2, 0.25) is 0 Å². The van der Waals surface area contributed by atoms with Gasteiger partial charge in [-0.2, -0.15) is 5.10 Å². The standard InChI is InChI=1S/C15H21N3O2/c1-9(2)13-11(19-4)6-7-12(20-5)14(13)10-8-17-18(3)15(10)16/h6-9H,16H2,1-5H3. The van der Waals surface area contributed by atoms with Crippen LogP contribution in [0, 0.1) is 0 Å². The Hall–Kier alpha value is -2.17. The Morgan fingerprint density at radius 1 is 1.15 bits per heavy atom. The van der Waals surface area contributed by atoms with Crippen molar-refractivity contribution >= 4 is 5.82 Å². The van der Waals surface area contributed by atoms with Gasteiger partial charge in [0, 0.05) is 23.7 Å². The van der Waals surface area contributed by atoms with Crippen molar-refractivity contribution in [2.24, 2.45) is 7.05 Å². The molecule has 2 aromatic rings. The normalized spacial score (nSPS) is 10.9. The Labute approximate surface area is 119 Å². The van der Waals surface area contributed by atoms with Crippen LogP contribution in [0.3, 0.4) is 0 Å². The fourth-order valence-corrected chi connectivity index (χ4v) is 2.42. The predicted molar refractivity (Wildman–Crippen MR) is 80.2 cm³/mol. The summed E-state index contributed by atoms with van der Waals surface area (Å²) >= 11 is 0. The Balaban J connectivity index is 2.80. The van der Waals surface area contributed by atoms with Gasteiger partial charge in [-0.1, -0.05) is 13.8 Å². The summed E-state index contributed by atoms with van der Waals surface area (Å²) < 4.78 is 12.6. The van der Waals surface area contributed by atoms with Crippen molar-refractivity contribution in [3.05, 3.63) is 23.9 Å². The average molecular weight is 275 g/mol. The molecule has 2 N–H and O–H groups in total. The van der Waals surface area contributed by atoms with Crippen molar-refractivity contribution in [3.8, 4) is 22.6 Å². The van der Waals surface area contributed by atoms with Crippen LogP contribution in [0.1, 0.15) is 25.3 Å². The third kappa shape index (κ3) is 2.19. The van der Waals surface area contributed by atoms with Crippen LogP contribution >= 0.6 is 0 Å². The lowest BCUT2D eigenvalue weighted by atomic mass is 9.91. The van der Waals surface area contributed by atoms with Gasteiger partial charge in [-0.25, -0.2) is 0 Å². The first-order chi connectivity index (χ1) is 9.51. The number of rotatable bonds is 4. The first-order valence-corrected chi connectivity index (χ1v) is 6.54. The molecular formula is C15H21N3O2. The van der Waals surface area contributed by atoms with Crippen LogP contribution in [0.2, 0.25) is 0 Å². The van der Waals surface area contributed by atoms with Gasteiger partial charge in [0.05, 0.1) is 20.4 Å². The molecule has 1 heterocycles. The van der Waals surface area contributed by atoms with E-state index in [2.05, 4.69) is 18.9 Å². The van der Waals surface area contributed by atoms with E-state index < -0.39 is 0 Å². The number of aromatic nitrogens is 2. The minimum Gasteiger partial charge on any atom is -0.496 e. The van der Waals surface area contributed by atoms with E-state index in [1.54, 1.807) is 25.1 Å². The van der Waals surface area contributed by atoms with Gasteiger partial charge >= 0.3 is 0 Å². The Kier molecular flexibility index (Phi) is 3.88. The smallest absolute Gasteiger partial charge is 0.129 e. The number of ether oxygens (including phenoxy) is 2. The van der Waals surface area contributed by atoms with E-state index >= 15 is 0 Å². The molecule has 0 amide bonds. The molecule has 1 aromatic heterocycles. The summed E-state index contributed by atoms with van der Waals surface area (Å²) in [6.07, 6.45) is 1.76. The molecule has 0 aliphatic rings. The molecule has 1 aromatic carbocycles. The van der Waals surface area contributed by atoms with Crippen LogP contribution in [-0.4, -0.2) is 24.0 Å². The van der Waals surface area contributed by atoms with E-state index in [1.807, 2.05) is 19.2 Å². The topological polar surface area (TPSA) is 62.3 Å². The summed E-state index contributed by atoms with van der Waals surface area (Å²) in [5.41, 5.74) is 9.02. The maximum Gasteiger partial charge on any atom is 0.129 e. The van der Waals surface area contributed by atoms with Crippen molar-refractivity contribution in [1.82, 2.24) is 9.78 Å². The summed E-state index contributed by atoms with van der Waals surface area (Å²) in [7, 11) is 5.15. The van der Waals surface area contributed by atoms with E-state index in [4.69, 9.17) is 15.2 Å². The van der Waals surface area contributed by atoms with Crippen molar-refractivity contribution in [2.75, 3.05) is 20.0 Å². The SMILES string of the molecule is COc1ccc(OC)c(C(C)C)c1-c1cnn(C)c1N. The van der Waals surface area contributed by atoms with Gasteiger partial charge in [0.25, 0.3) is 0 Å². The molecule has 0 spiro atoms. The highest BCUT2D eigenvalue weighted by Gasteiger charge is 2.22. The molecule has 0 bridgehead atoms. The molecule has 0 aliphatic heterocycles. The Bertz CT molecular complexity index is 618. The molecule has 2 rings (SSSR count). The number of nitrogens with two attached hydrogens (primary N) is 1. The molecule has 20 heavy (non-hydrogen) atoms. The molecule has 0 saturated heterocycles. The minimum atomic E-state index is 0.273. The maximum absolute atomic E-state index is 6.12. The number of nitrogens with zero attached hydrogens (tertiary/aromatic N) is 2. The summed E-state index contributed by atoms with van der Waals surface area (Å²) in [5, 5.41) is 4.22. The molecular weight excluding hydrogens is 254 g/mol. The lowest BCUT2D eigenvalue weighted by Gasteiger charge is -2.19. The van der Waals surface area contributed by atoms with Gasteiger partial charge in [-0.3, -0.25) is 4.68 Å². The molecule has 0 saturated carbocycles. The zero-order valence-electron chi connectivity index (χ0n) is 12.6.